The number of rotatable bonds is 1. The van der Waals surface area contributed by atoms with E-state index in [1.54, 1.807) is 14.2 Å². The Morgan fingerprint density at radius 1 is 1.20 bits per heavy atom. The molecular formula is C10H19N3O2. The Labute approximate surface area is 90.4 Å². The van der Waals surface area contributed by atoms with E-state index in [9.17, 15) is 4.79 Å². The monoisotopic (exact) mass is 213 g/mol. The van der Waals surface area contributed by atoms with Gasteiger partial charge in [0.15, 0.2) is 0 Å². The van der Waals surface area contributed by atoms with Crippen molar-refractivity contribution < 1.29 is 9.53 Å². The highest BCUT2D eigenvalue weighted by molar-refractivity contribution is 5.77. The first-order chi connectivity index (χ1) is 7.13. The number of nitrogens with zero attached hydrogens (tertiary/aromatic N) is 1. The van der Waals surface area contributed by atoms with Gasteiger partial charge in [0.1, 0.15) is 17.9 Å². The predicted octanol–water partition coefficient (Wildman–Crippen LogP) is 1.35. The Hall–Kier alpha value is -1.62. The van der Waals surface area contributed by atoms with Gasteiger partial charge in [-0.05, 0) is 12.1 Å². The molecule has 4 N–H and O–H groups in total. The van der Waals surface area contributed by atoms with E-state index in [1.165, 1.54) is 12.1 Å². The lowest BCUT2D eigenvalue weighted by molar-refractivity contribution is 0.112. The molecule has 0 bridgehead atoms. The Balaban J connectivity index is 0. The highest BCUT2D eigenvalue weighted by Gasteiger charge is 1.94. The van der Waals surface area contributed by atoms with E-state index in [0.29, 0.717) is 11.8 Å². The van der Waals surface area contributed by atoms with Crippen molar-refractivity contribution in [1.29, 1.82) is 0 Å². The number of carbonyl (C=O) groups is 1. The van der Waals surface area contributed by atoms with Crippen LogP contribution in [0.25, 0.3) is 0 Å². The third-order valence-corrected chi connectivity index (χ3v) is 1.02. The van der Waals surface area contributed by atoms with Crippen molar-refractivity contribution in [2.75, 3.05) is 25.7 Å². The molecule has 0 radical (unpaired) electrons. The minimum absolute atomic E-state index is 0.266. The normalized spacial score (nSPS) is 7.73. The Bertz CT molecular complexity index is 257. The number of pyridine rings is 1. The van der Waals surface area contributed by atoms with Gasteiger partial charge < -0.3 is 16.2 Å². The number of methoxy groups -OCH3 is 1. The number of ether oxygens (including phenoxy) is 1. The first-order valence-corrected chi connectivity index (χ1v) is 4.52. The lowest BCUT2D eigenvalue weighted by Gasteiger charge is -1.95. The summed E-state index contributed by atoms with van der Waals surface area (Å²) in [5.74, 6) is 0.532. The van der Waals surface area contributed by atoms with E-state index in [4.69, 9.17) is 11.5 Å². The third kappa shape index (κ3) is 8.70. The summed E-state index contributed by atoms with van der Waals surface area (Å²) in [7, 11) is 3.25. The van der Waals surface area contributed by atoms with Crippen LogP contribution in [0.5, 0.6) is 0 Å². The molecule has 0 spiro atoms. The van der Waals surface area contributed by atoms with Gasteiger partial charge in [-0.25, -0.2) is 4.98 Å². The number of carbonyl (C=O) groups excluding carboxylic acids is 1. The van der Waals surface area contributed by atoms with Crippen LogP contribution in [0.15, 0.2) is 12.1 Å². The molecule has 0 aromatic carbocycles. The Morgan fingerprint density at radius 2 is 1.53 bits per heavy atom. The fourth-order valence-corrected chi connectivity index (χ4v) is 0.665. The second-order valence-corrected chi connectivity index (χ2v) is 2.28. The molecule has 1 heterocycles. The van der Waals surface area contributed by atoms with Gasteiger partial charge in [0, 0.05) is 19.8 Å². The van der Waals surface area contributed by atoms with E-state index < -0.39 is 0 Å². The number of hydrogen-bond donors (Lipinski definition) is 2. The Morgan fingerprint density at radius 3 is 1.80 bits per heavy atom. The van der Waals surface area contributed by atoms with E-state index >= 15 is 0 Å². The number of nitrogen functional groups attached to an aromatic ring is 2. The van der Waals surface area contributed by atoms with Crippen LogP contribution in [-0.4, -0.2) is 25.5 Å². The molecular weight excluding hydrogens is 194 g/mol. The summed E-state index contributed by atoms with van der Waals surface area (Å²) in [5, 5.41) is 0. The minimum atomic E-state index is 0.266. The fraction of sp³-hybridized carbons (Fsp3) is 0.400. The highest BCUT2D eigenvalue weighted by Crippen LogP contribution is 2.05. The van der Waals surface area contributed by atoms with Gasteiger partial charge in [-0.3, -0.25) is 4.79 Å². The van der Waals surface area contributed by atoms with Gasteiger partial charge in [-0.1, -0.05) is 13.8 Å². The summed E-state index contributed by atoms with van der Waals surface area (Å²) in [5.41, 5.74) is 11.0. The number of aldehydes is 1. The number of anilines is 2. The topological polar surface area (TPSA) is 91.2 Å². The van der Waals surface area contributed by atoms with Crippen molar-refractivity contribution in [1.82, 2.24) is 4.98 Å². The van der Waals surface area contributed by atoms with Crippen molar-refractivity contribution in [2.24, 2.45) is 0 Å². The maximum Gasteiger partial charge on any atom is 0.150 e. The van der Waals surface area contributed by atoms with Gasteiger partial charge in [-0.2, -0.15) is 0 Å². The van der Waals surface area contributed by atoms with Crippen LogP contribution in [0.3, 0.4) is 0 Å². The molecule has 0 atom stereocenters. The molecule has 0 unspecified atom stereocenters. The minimum Gasteiger partial charge on any atom is -0.388 e. The van der Waals surface area contributed by atoms with Crippen LogP contribution in [0.1, 0.15) is 24.2 Å². The smallest absolute Gasteiger partial charge is 0.150 e. The summed E-state index contributed by atoms with van der Waals surface area (Å²) in [6, 6.07) is 2.92. The molecule has 86 valence electrons. The van der Waals surface area contributed by atoms with E-state index in [-0.39, 0.29) is 11.6 Å². The molecule has 1 aromatic rings. The average molecular weight is 213 g/mol. The molecule has 0 amide bonds. The summed E-state index contributed by atoms with van der Waals surface area (Å²) < 4.78 is 4.25. The SMILES string of the molecule is CC.COC.Nc1cc(C=O)cc(N)n1. The molecule has 0 fully saturated rings. The van der Waals surface area contributed by atoms with Crippen LogP contribution >= 0.6 is 0 Å². The quantitative estimate of drug-likeness (QED) is 0.687. The molecule has 5 nitrogen and oxygen atoms in total. The van der Waals surface area contributed by atoms with Crippen LogP contribution in [-0.2, 0) is 4.74 Å². The molecule has 0 aliphatic heterocycles. The fourth-order valence-electron chi connectivity index (χ4n) is 0.665. The lowest BCUT2D eigenvalue weighted by Crippen LogP contribution is -1.97. The molecule has 15 heavy (non-hydrogen) atoms. The van der Waals surface area contributed by atoms with Crippen LogP contribution in [0.2, 0.25) is 0 Å². The molecule has 0 aliphatic carbocycles. The lowest BCUT2D eigenvalue weighted by atomic mass is 10.3. The third-order valence-electron chi connectivity index (χ3n) is 1.02. The summed E-state index contributed by atoms with van der Waals surface area (Å²) >= 11 is 0. The largest absolute Gasteiger partial charge is 0.388 e. The maximum absolute atomic E-state index is 10.2. The van der Waals surface area contributed by atoms with Gasteiger partial charge in [0.2, 0.25) is 0 Å². The van der Waals surface area contributed by atoms with Gasteiger partial charge in [0.25, 0.3) is 0 Å². The summed E-state index contributed by atoms with van der Waals surface area (Å²) in [6.45, 7) is 4.00. The van der Waals surface area contributed by atoms with Gasteiger partial charge in [0.05, 0.1) is 0 Å². The molecule has 0 saturated heterocycles. The van der Waals surface area contributed by atoms with Crippen LogP contribution < -0.4 is 11.5 Å². The van der Waals surface area contributed by atoms with Crippen molar-refractivity contribution in [3.05, 3.63) is 17.7 Å². The molecule has 5 heteroatoms. The van der Waals surface area contributed by atoms with E-state index in [0.717, 1.165) is 0 Å². The predicted molar refractivity (Wildman–Crippen MR) is 62.7 cm³/mol. The number of hydrogen-bond acceptors (Lipinski definition) is 5. The molecule has 1 aromatic heterocycles. The van der Waals surface area contributed by atoms with Gasteiger partial charge >= 0.3 is 0 Å². The molecule has 1 rings (SSSR count). The standard InChI is InChI=1S/C6H7N3O.C2H6O.C2H6/c7-5-1-4(3-10)2-6(8)9-5;1-3-2;1-2/h1-3H,(H4,7,8,9);1-2H3;1-2H3. The second kappa shape index (κ2) is 10.5. The second-order valence-electron chi connectivity index (χ2n) is 2.28. The van der Waals surface area contributed by atoms with Crippen molar-refractivity contribution in [3.8, 4) is 0 Å². The number of aromatic nitrogens is 1. The average Bonchev–Trinajstić information content (AvgIpc) is 2.20. The summed E-state index contributed by atoms with van der Waals surface area (Å²) in [4.78, 5) is 13.9. The highest BCUT2D eigenvalue weighted by atomic mass is 16.4. The van der Waals surface area contributed by atoms with Gasteiger partial charge in [-0.15, -0.1) is 0 Å². The maximum atomic E-state index is 10.2. The Kier molecular flexibility index (Phi) is 11.0. The van der Waals surface area contributed by atoms with E-state index in [1.807, 2.05) is 13.8 Å². The molecule has 0 saturated carbocycles. The zero-order chi connectivity index (χ0) is 12.3. The van der Waals surface area contributed by atoms with Crippen molar-refractivity contribution in [3.63, 3.8) is 0 Å². The van der Waals surface area contributed by atoms with E-state index in [2.05, 4.69) is 9.72 Å². The molecule has 0 aliphatic rings. The van der Waals surface area contributed by atoms with Crippen molar-refractivity contribution >= 4 is 17.9 Å². The van der Waals surface area contributed by atoms with Crippen LogP contribution in [0.4, 0.5) is 11.6 Å². The first kappa shape index (κ1) is 15.8. The first-order valence-electron chi connectivity index (χ1n) is 4.52. The zero-order valence-corrected chi connectivity index (χ0v) is 9.65. The van der Waals surface area contributed by atoms with Crippen LogP contribution in [0, 0.1) is 0 Å². The van der Waals surface area contributed by atoms with Crippen molar-refractivity contribution in [2.45, 2.75) is 13.8 Å². The number of nitrogens with two attached hydrogens (primary N) is 2. The summed E-state index contributed by atoms with van der Waals surface area (Å²) in [6.07, 6.45) is 0.675. The zero-order valence-electron chi connectivity index (χ0n) is 9.65.